The molecule has 1 aromatic heterocycles. The van der Waals surface area contributed by atoms with Crippen LogP contribution in [0.25, 0.3) is 0 Å². The molecule has 0 spiro atoms. The predicted molar refractivity (Wildman–Crippen MR) is 64.5 cm³/mol. The molecule has 0 amide bonds. The zero-order chi connectivity index (χ0) is 12.0. The minimum Gasteiger partial charge on any atom is -0.394 e. The lowest BCUT2D eigenvalue weighted by Crippen LogP contribution is -2.27. The van der Waals surface area contributed by atoms with Crippen LogP contribution in [0.5, 0.6) is 0 Å². The predicted octanol–water partition coefficient (Wildman–Crippen LogP) is -0.268. The Morgan fingerprint density at radius 3 is 3.06 bits per heavy atom. The molecule has 2 N–H and O–H groups in total. The van der Waals surface area contributed by atoms with Gasteiger partial charge in [-0.2, -0.15) is 5.10 Å². The summed E-state index contributed by atoms with van der Waals surface area (Å²) in [4.78, 5) is 0. The first kappa shape index (κ1) is 13.3. The van der Waals surface area contributed by atoms with Crippen molar-refractivity contribution in [3.63, 3.8) is 0 Å². The largest absolute Gasteiger partial charge is 0.394 e. The molecule has 0 aliphatic carbocycles. The van der Waals surface area contributed by atoms with Crippen LogP contribution < -0.4 is 5.32 Å². The minimum atomic E-state index is -0.782. The Bertz CT molecular complexity index is 341. The lowest BCUT2D eigenvalue weighted by atomic mass is 10.3. The van der Waals surface area contributed by atoms with Crippen molar-refractivity contribution in [2.45, 2.75) is 25.3 Å². The molecule has 0 aliphatic rings. The summed E-state index contributed by atoms with van der Waals surface area (Å²) in [6.07, 6.45) is 5.39. The zero-order valence-electron chi connectivity index (χ0n) is 9.72. The van der Waals surface area contributed by atoms with Gasteiger partial charge in [-0.25, -0.2) is 0 Å². The van der Waals surface area contributed by atoms with Crippen LogP contribution >= 0.6 is 0 Å². The first-order valence-corrected chi connectivity index (χ1v) is 6.90. The van der Waals surface area contributed by atoms with Gasteiger partial charge in [0.25, 0.3) is 0 Å². The molecule has 6 heteroatoms. The van der Waals surface area contributed by atoms with Crippen LogP contribution in [-0.4, -0.2) is 43.8 Å². The number of nitrogens with zero attached hydrogens (tertiary/aromatic N) is 2. The summed E-state index contributed by atoms with van der Waals surface area (Å²) in [5, 5.41) is 16.2. The van der Waals surface area contributed by atoms with Crippen molar-refractivity contribution in [2.75, 3.05) is 19.4 Å². The maximum Gasteiger partial charge on any atom is 0.0640 e. The Balaban J connectivity index is 2.29. The third-order valence-corrected chi connectivity index (χ3v) is 3.64. The number of hydrogen-bond acceptors (Lipinski definition) is 4. The average molecular weight is 245 g/mol. The van der Waals surface area contributed by atoms with E-state index in [1.807, 2.05) is 13.1 Å². The van der Waals surface area contributed by atoms with Gasteiger partial charge < -0.3 is 10.4 Å². The standard InChI is InChI=1S/C10H19N3O2S/c1-9(16(2)15)5-11-6-10-7-12-13(8-10)3-4-14/h7-9,11,14H,3-6H2,1-2H3. The van der Waals surface area contributed by atoms with Crippen LogP contribution in [0.2, 0.25) is 0 Å². The van der Waals surface area contributed by atoms with E-state index in [1.54, 1.807) is 17.1 Å². The van der Waals surface area contributed by atoms with Crippen LogP contribution in [0.1, 0.15) is 12.5 Å². The van der Waals surface area contributed by atoms with E-state index in [4.69, 9.17) is 5.11 Å². The highest BCUT2D eigenvalue weighted by Crippen LogP contribution is 1.98. The second kappa shape index (κ2) is 6.78. The SMILES string of the molecule is CC(CNCc1cnn(CCO)c1)S(C)=O. The van der Waals surface area contributed by atoms with Crippen molar-refractivity contribution >= 4 is 10.8 Å². The van der Waals surface area contributed by atoms with Gasteiger partial charge in [0, 0.05) is 47.2 Å². The summed E-state index contributed by atoms with van der Waals surface area (Å²) >= 11 is 0. The summed E-state index contributed by atoms with van der Waals surface area (Å²) in [5.74, 6) is 0. The molecule has 92 valence electrons. The number of hydrogen-bond donors (Lipinski definition) is 2. The molecular formula is C10H19N3O2S. The number of aliphatic hydroxyl groups is 1. The van der Waals surface area contributed by atoms with Gasteiger partial charge >= 0.3 is 0 Å². The molecule has 0 aromatic carbocycles. The molecule has 1 rings (SSSR count). The zero-order valence-corrected chi connectivity index (χ0v) is 10.5. The van der Waals surface area contributed by atoms with Gasteiger partial charge in [-0.15, -0.1) is 0 Å². The van der Waals surface area contributed by atoms with Crippen LogP contribution in [0.15, 0.2) is 12.4 Å². The van der Waals surface area contributed by atoms with Gasteiger partial charge in [-0.1, -0.05) is 0 Å². The van der Waals surface area contributed by atoms with E-state index in [-0.39, 0.29) is 11.9 Å². The Kier molecular flexibility index (Phi) is 5.65. The summed E-state index contributed by atoms with van der Waals surface area (Å²) in [5.41, 5.74) is 1.07. The van der Waals surface area contributed by atoms with E-state index in [0.29, 0.717) is 13.1 Å². The Morgan fingerprint density at radius 1 is 1.69 bits per heavy atom. The molecule has 0 saturated heterocycles. The highest BCUT2D eigenvalue weighted by Gasteiger charge is 2.05. The van der Waals surface area contributed by atoms with Crippen molar-refractivity contribution in [3.05, 3.63) is 18.0 Å². The molecule has 0 fully saturated rings. The average Bonchev–Trinajstić information content (AvgIpc) is 2.66. The molecule has 0 saturated carbocycles. The third-order valence-electron chi connectivity index (χ3n) is 2.34. The van der Waals surface area contributed by atoms with E-state index in [0.717, 1.165) is 12.1 Å². The molecule has 0 radical (unpaired) electrons. The summed E-state index contributed by atoms with van der Waals surface area (Å²) in [6, 6.07) is 0. The maximum atomic E-state index is 11.1. The van der Waals surface area contributed by atoms with Crippen molar-refractivity contribution in [2.24, 2.45) is 0 Å². The first-order valence-electron chi connectivity index (χ1n) is 5.28. The Morgan fingerprint density at radius 2 is 2.44 bits per heavy atom. The third kappa shape index (κ3) is 4.42. The number of aromatic nitrogens is 2. The fourth-order valence-electron chi connectivity index (χ4n) is 1.26. The van der Waals surface area contributed by atoms with Gasteiger partial charge in [0.05, 0.1) is 19.3 Å². The number of aliphatic hydroxyl groups excluding tert-OH is 1. The lowest BCUT2D eigenvalue weighted by molar-refractivity contribution is 0.269. The molecule has 5 nitrogen and oxygen atoms in total. The fraction of sp³-hybridized carbons (Fsp3) is 0.700. The Labute approximate surface area is 98.3 Å². The van der Waals surface area contributed by atoms with Crippen LogP contribution in [0, 0.1) is 0 Å². The van der Waals surface area contributed by atoms with E-state index in [9.17, 15) is 4.21 Å². The van der Waals surface area contributed by atoms with Gasteiger partial charge in [0.2, 0.25) is 0 Å². The molecule has 16 heavy (non-hydrogen) atoms. The highest BCUT2D eigenvalue weighted by atomic mass is 32.2. The normalized spacial score (nSPS) is 14.9. The highest BCUT2D eigenvalue weighted by molar-refractivity contribution is 7.84. The van der Waals surface area contributed by atoms with Crippen molar-refractivity contribution in [1.29, 1.82) is 0 Å². The van der Waals surface area contributed by atoms with E-state index >= 15 is 0 Å². The van der Waals surface area contributed by atoms with Gasteiger partial charge in [0.15, 0.2) is 0 Å². The maximum absolute atomic E-state index is 11.1. The quantitative estimate of drug-likeness (QED) is 0.694. The van der Waals surface area contributed by atoms with E-state index < -0.39 is 10.8 Å². The molecular weight excluding hydrogens is 226 g/mol. The first-order chi connectivity index (χ1) is 7.63. The topological polar surface area (TPSA) is 67.2 Å². The smallest absolute Gasteiger partial charge is 0.0640 e. The van der Waals surface area contributed by atoms with Gasteiger partial charge in [-0.05, 0) is 6.92 Å². The molecule has 0 aliphatic heterocycles. The second-order valence-corrected chi connectivity index (χ2v) is 5.58. The monoisotopic (exact) mass is 245 g/mol. The number of nitrogens with one attached hydrogen (secondary N) is 1. The van der Waals surface area contributed by atoms with E-state index in [1.165, 1.54) is 0 Å². The number of rotatable bonds is 7. The lowest BCUT2D eigenvalue weighted by Gasteiger charge is -2.08. The summed E-state index contributed by atoms with van der Waals surface area (Å²) in [7, 11) is -0.782. The second-order valence-electron chi connectivity index (χ2n) is 3.78. The van der Waals surface area contributed by atoms with Crippen LogP contribution in [0.4, 0.5) is 0 Å². The molecule has 1 aromatic rings. The van der Waals surface area contributed by atoms with Crippen LogP contribution in [0.3, 0.4) is 0 Å². The van der Waals surface area contributed by atoms with Gasteiger partial charge in [-0.3, -0.25) is 8.89 Å². The van der Waals surface area contributed by atoms with Crippen molar-refractivity contribution in [1.82, 2.24) is 15.1 Å². The van der Waals surface area contributed by atoms with Crippen molar-refractivity contribution in [3.8, 4) is 0 Å². The summed E-state index contributed by atoms with van der Waals surface area (Å²) < 4.78 is 12.8. The minimum absolute atomic E-state index is 0.0976. The fourth-order valence-corrected chi connectivity index (χ4v) is 1.61. The van der Waals surface area contributed by atoms with Crippen LogP contribution in [-0.2, 0) is 23.9 Å². The molecule has 2 unspecified atom stereocenters. The van der Waals surface area contributed by atoms with Crippen molar-refractivity contribution < 1.29 is 9.32 Å². The molecule has 0 bridgehead atoms. The molecule has 1 heterocycles. The van der Waals surface area contributed by atoms with E-state index in [2.05, 4.69) is 10.4 Å². The Hall–Kier alpha value is -0.720. The summed E-state index contributed by atoms with van der Waals surface area (Å²) in [6.45, 7) is 4.02. The molecule has 2 atom stereocenters. The van der Waals surface area contributed by atoms with Gasteiger partial charge in [0.1, 0.15) is 0 Å².